The van der Waals surface area contributed by atoms with Gasteiger partial charge in [0.15, 0.2) is 11.5 Å². The van der Waals surface area contributed by atoms with Gasteiger partial charge in [-0.05, 0) is 42.7 Å². The van der Waals surface area contributed by atoms with Crippen molar-refractivity contribution in [1.29, 1.82) is 5.26 Å². The fourth-order valence-corrected chi connectivity index (χ4v) is 5.92. The smallest absolute Gasteiger partial charge is 0.270 e. The predicted octanol–water partition coefficient (Wildman–Crippen LogP) is 3.41. The first-order valence-electron chi connectivity index (χ1n) is 12.1. The quantitative estimate of drug-likeness (QED) is 0.405. The summed E-state index contributed by atoms with van der Waals surface area (Å²) in [4.78, 5) is 30.9. The molecule has 2 saturated heterocycles. The van der Waals surface area contributed by atoms with Crippen molar-refractivity contribution < 1.29 is 19.0 Å². The molecule has 2 aromatic rings. The number of carbonyl (C=O) groups excluding carboxylic acids is 1. The summed E-state index contributed by atoms with van der Waals surface area (Å²) in [7, 11) is 0. The molecule has 0 saturated carbocycles. The molecule has 0 aliphatic carbocycles. The molecule has 0 bridgehead atoms. The van der Waals surface area contributed by atoms with Crippen molar-refractivity contribution in [2.45, 2.75) is 33.4 Å². The van der Waals surface area contributed by atoms with Gasteiger partial charge < -0.3 is 19.1 Å². The van der Waals surface area contributed by atoms with Gasteiger partial charge in [-0.1, -0.05) is 37.0 Å². The van der Waals surface area contributed by atoms with Crippen LogP contribution in [0.3, 0.4) is 0 Å². The van der Waals surface area contributed by atoms with Crippen molar-refractivity contribution in [1.82, 2.24) is 9.47 Å². The van der Waals surface area contributed by atoms with Crippen LogP contribution in [0.5, 0.6) is 11.5 Å². The van der Waals surface area contributed by atoms with E-state index in [2.05, 4.69) is 11.0 Å². The number of morpholine rings is 1. The summed E-state index contributed by atoms with van der Waals surface area (Å²) in [6.07, 6.45) is 2.51. The highest BCUT2D eigenvalue weighted by Gasteiger charge is 2.34. The number of hydrogen-bond acceptors (Lipinski definition) is 9. The number of ether oxygens (including phenoxy) is 3. The van der Waals surface area contributed by atoms with Gasteiger partial charge in [-0.25, -0.2) is 0 Å². The van der Waals surface area contributed by atoms with Gasteiger partial charge >= 0.3 is 0 Å². The van der Waals surface area contributed by atoms with Crippen molar-refractivity contribution in [3.63, 3.8) is 0 Å². The number of anilines is 1. The maximum absolute atomic E-state index is 13.5. The number of rotatable bonds is 6. The molecule has 9 nitrogen and oxygen atoms in total. The molecule has 37 heavy (non-hydrogen) atoms. The highest BCUT2D eigenvalue weighted by molar-refractivity contribution is 8.26. The van der Waals surface area contributed by atoms with Crippen molar-refractivity contribution in [2.75, 3.05) is 38.0 Å². The van der Waals surface area contributed by atoms with E-state index >= 15 is 0 Å². The van der Waals surface area contributed by atoms with Gasteiger partial charge in [0.2, 0.25) is 6.79 Å². The fraction of sp³-hybridized carbons (Fsp3) is 0.385. The average Bonchev–Trinajstić information content (AvgIpc) is 3.47. The second-order valence-corrected chi connectivity index (χ2v) is 10.5. The lowest BCUT2D eigenvalue weighted by Gasteiger charge is -2.33. The minimum absolute atomic E-state index is 0.0903. The molecule has 3 aliphatic heterocycles. The highest BCUT2D eigenvalue weighted by Crippen LogP contribution is 2.38. The molecule has 0 spiro atoms. The number of thioether (sulfide) groups is 1. The predicted molar refractivity (Wildman–Crippen MR) is 145 cm³/mol. The zero-order valence-electron chi connectivity index (χ0n) is 20.6. The molecule has 0 unspecified atom stereocenters. The molecule has 0 radical (unpaired) electrons. The number of carbonyl (C=O) groups is 1. The van der Waals surface area contributed by atoms with Crippen molar-refractivity contribution in [2.24, 2.45) is 0 Å². The van der Waals surface area contributed by atoms with Crippen LogP contribution in [-0.4, -0.2) is 52.8 Å². The number of amides is 1. The molecule has 5 rings (SSSR count). The maximum atomic E-state index is 13.5. The average molecular weight is 539 g/mol. The lowest BCUT2D eigenvalue weighted by molar-refractivity contribution is -0.122. The Morgan fingerprint density at radius 1 is 1.19 bits per heavy atom. The number of thiocarbonyl (C=S) groups is 1. The summed E-state index contributed by atoms with van der Waals surface area (Å²) in [6.45, 7) is 6.99. The molecule has 1 amide bonds. The molecule has 0 atom stereocenters. The molecule has 1 aromatic carbocycles. The number of fused-ring (bicyclic) bond motifs is 1. The summed E-state index contributed by atoms with van der Waals surface area (Å²) in [5.74, 6) is 1.82. The molecule has 1 aromatic heterocycles. The number of nitriles is 1. The summed E-state index contributed by atoms with van der Waals surface area (Å²) in [5.41, 5.74) is 1.90. The van der Waals surface area contributed by atoms with Crippen molar-refractivity contribution >= 4 is 46.1 Å². The van der Waals surface area contributed by atoms with Crippen LogP contribution in [0, 0.1) is 18.3 Å². The van der Waals surface area contributed by atoms with Gasteiger partial charge in [-0.2, -0.15) is 5.26 Å². The lowest BCUT2D eigenvalue weighted by atomic mass is 10.0. The molecular weight excluding hydrogens is 512 g/mol. The summed E-state index contributed by atoms with van der Waals surface area (Å²) >= 11 is 6.80. The van der Waals surface area contributed by atoms with Crippen LogP contribution in [0.15, 0.2) is 27.9 Å². The van der Waals surface area contributed by atoms with Gasteiger partial charge in [0.1, 0.15) is 21.8 Å². The highest BCUT2D eigenvalue weighted by atomic mass is 32.2. The third-order valence-electron chi connectivity index (χ3n) is 6.53. The second kappa shape index (κ2) is 10.6. The molecule has 0 N–H and O–H groups in total. The molecular formula is C26H26N4O5S2. The van der Waals surface area contributed by atoms with E-state index in [0.717, 1.165) is 12.0 Å². The first-order chi connectivity index (χ1) is 17.9. The zero-order chi connectivity index (χ0) is 26.1. The standard InChI is InChI=1S/C26H26N4O5S2/c1-3-6-29-23(28-7-9-33-10-8-28)18(16(2)19(13-27)24(29)31)12-22-25(32)30(26(36)37-22)14-17-4-5-20-21(11-17)35-15-34-20/h4-5,11-12H,3,6-10,14-15H2,1-2H3. The monoisotopic (exact) mass is 538 g/mol. The van der Waals surface area contributed by atoms with E-state index in [-0.39, 0.29) is 23.8 Å². The van der Waals surface area contributed by atoms with E-state index in [9.17, 15) is 14.9 Å². The number of pyridine rings is 1. The minimum atomic E-state index is -0.309. The minimum Gasteiger partial charge on any atom is -0.454 e. The van der Waals surface area contributed by atoms with Gasteiger partial charge in [0.05, 0.1) is 24.7 Å². The Balaban J connectivity index is 1.55. The summed E-state index contributed by atoms with van der Waals surface area (Å²) in [6, 6.07) is 7.64. The number of aromatic nitrogens is 1. The first kappa shape index (κ1) is 25.3. The topological polar surface area (TPSA) is 97.0 Å². The normalized spacial score (nSPS) is 18.1. The molecule has 4 heterocycles. The van der Waals surface area contributed by atoms with Crippen LogP contribution in [0.4, 0.5) is 5.82 Å². The van der Waals surface area contributed by atoms with Gasteiger partial charge in [-0.15, -0.1) is 0 Å². The Morgan fingerprint density at radius 2 is 1.95 bits per heavy atom. The van der Waals surface area contributed by atoms with E-state index in [4.69, 9.17) is 26.4 Å². The van der Waals surface area contributed by atoms with Gasteiger partial charge in [0, 0.05) is 25.2 Å². The van der Waals surface area contributed by atoms with Crippen molar-refractivity contribution in [3.05, 3.63) is 55.7 Å². The van der Waals surface area contributed by atoms with E-state index < -0.39 is 0 Å². The van der Waals surface area contributed by atoms with Gasteiger partial charge in [0.25, 0.3) is 11.5 Å². The summed E-state index contributed by atoms with van der Waals surface area (Å²) in [5, 5.41) is 9.81. The molecule has 2 fully saturated rings. The first-order valence-corrected chi connectivity index (χ1v) is 13.3. The third kappa shape index (κ3) is 4.72. The number of nitrogens with zero attached hydrogens (tertiary/aromatic N) is 4. The summed E-state index contributed by atoms with van der Waals surface area (Å²) < 4.78 is 18.5. The maximum Gasteiger partial charge on any atom is 0.270 e. The van der Waals surface area contributed by atoms with Gasteiger partial charge in [-0.3, -0.25) is 19.1 Å². The van der Waals surface area contributed by atoms with Crippen LogP contribution < -0.4 is 19.9 Å². The Kier molecular flexibility index (Phi) is 7.24. The van der Waals surface area contributed by atoms with E-state index in [1.807, 2.05) is 25.1 Å². The van der Waals surface area contributed by atoms with E-state index in [1.54, 1.807) is 22.5 Å². The Labute approximate surface area is 224 Å². The zero-order valence-corrected chi connectivity index (χ0v) is 22.2. The fourth-order valence-electron chi connectivity index (χ4n) is 4.68. The second-order valence-electron chi connectivity index (χ2n) is 8.86. The molecule has 3 aliphatic rings. The van der Waals surface area contributed by atoms with Crippen LogP contribution in [0.25, 0.3) is 6.08 Å². The number of hydrogen-bond donors (Lipinski definition) is 0. The van der Waals surface area contributed by atoms with Crippen molar-refractivity contribution in [3.8, 4) is 17.6 Å². The van der Waals surface area contributed by atoms with E-state index in [0.29, 0.717) is 77.1 Å². The Morgan fingerprint density at radius 3 is 2.68 bits per heavy atom. The SMILES string of the molecule is CCCn1c(N2CCOCC2)c(C=C2SC(=S)N(Cc3ccc4c(c3)OCO4)C2=O)c(C)c(C#N)c1=O. The number of benzene rings is 1. The Bertz CT molecular complexity index is 1410. The van der Waals surface area contributed by atoms with Crippen LogP contribution in [0.1, 0.15) is 35.6 Å². The molecule has 192 valence electrons. The third-order valence-corrected chi connectivity index (χ3v) is 7.91. The van der Waals surface area contributed by atoms with E-state index in [1.165, 1.54) is 11.8 Å². The van der Waals surface area contributed by atoms with Crippen LogP contribution >= 0.6 is 24.0 Å². The largest absolute Gasteiger partial charge is 0.454 e. The lowest BCUT2D eigenvalue weighted by Crippen LogP contribution is -2.41. The molecule has 11 heteroatoms. The van der Waals surface area contributed by atoms with Crippen LogP contribution in [0.2, 0.25) is 0 Å². The Hall–Kier alpha value is -3.33. The van der Waals surface area contributed by atoms with Crippen LogP contribution in [-0.2, 0) is 22.6 Å².